The van der Waals surface area contributed by atoms with E-state index in [1.165, 1.54) is 30.2 Å². The highest BCUT2D eigenvalue weighted by atomic mass is 32.2. The van der Waals surface area contributed by atoms with E-state index in [0.717, 1.165) is 32.0 Å². The van der Waals surface area contributed by atoms with Gasteiger partial charge in [-0.3, -0.25) is 9.88 Å². The zero-order valence-corrected chi connectivity index (χ0v) is 14.9. The number of rotatable bonds is 5. The lowest BCUT2D eigenvalue weighted by molar-refractivity contribution is 0.177. The highest BCUT2D eigenvalue weighted by Crippen LogP contribution is 2.23. The Kier molecular flexibility index (Phi) is 5.31. The summed E-state index contributed by atoms with van der Waals surface area (Å²) in [4.78, 5) is 6.92. The number of nitrogens with zero attached hydrogens (tertiary/aromatic N) is 2. The van der Waals surface area contributed by atoms with Gasteiger partial charge in [0.1, 0.15) is 0 Å². The van der Waals surface area contributed by atoms with Crippen molar-refractivity contribution in [1.82, 2.24) is 9.88 Å². The summed E-state index contributed by atoms with van der Waals surface area (Å²) in [5.74, 6) is 0.747. The topological polar surface area (TPSA) is 50.3 Å². The molecule has 0 spiro atoms. The minimum atomic E-state index is -3.11. The van der Waals surface area contributed by atoms with Gasteiger partial charge in [0.2, 0.25) is 0 Å². The zero-order chi connectivity index (χ0) is 17.0. The van der Waals surface area contributed by atoms with Gasteiger partial charge in [-0.1, -0.05) is 12.1 Å². The maximum absolute atomic E-state index is 11.5. The minimum absolute atomic E-state index is 0.391. The molecule has 24 heavy (non-hydrogen) atoms. The molecule has 128 valence electrons. The number of aromatic nitrogens is 1. The molecule has 3 rings (SSSR count). The maximum Gasteiger partial charge on any atom is 0.175 e. The van der Waals surface area contributed by atoms with Crippen molar-refractivity contribution < 1.29 is 8.42 Å². The minimum Gasteiger partial charge on any atom is -0.299 e. The van der Waals surface area contributed by atoms with Crippen molar-refractivity contribution in [3.05, 3.63) is 59.9 Å². The fourth-order valence-corrected chi connectivity index (χ4v) is 3.93. The number of piperidine rings is 1. The molecule has 1 saturated heterocycles. The molecular formula is C19H24N2O2S. The van der Waals surface area contributed by atoms with Gasteiger partial charge in [0.25, 0.3) is 0 Å². The van der Waals surface area contributed by atoms with E-state index in [1.807, 2.05) is 24.5 Å². The van der Waals surface area contributed by atoms with Gasteiger partial charge >= 0.3 is 0 Å². The number of hydrogen-bond acceptors (Lipinski definition) is 4. The van der Waals surface area contributed by atoms with E-state index >= 15 is 0 Å². The first-order chi connectivity index (χ1) is 11.5. The van der Waals surface area contributed by atoms with Crippen LogP contribution < -0.4 is 0 Å². The van der Waals surface area contributed by atoms with Gasteiger partial charge in [-0.05, 0) is 73.7 Å². The van der Waals surface area contributed by atoms with Gasteiger partial charge in [0.05, 0.1) is 4.90 Å². The molecule has 0 amide bonds. The van der Waals surface area contributed by atoms with Gasteiger partial charge in [0.15, 0.2) is 9.84 Å². The van der Waals surface area contributed by atoms with Gasteiger partial charge in [-0.25, -0.2) is 8.42 Å². The molecule has 1 aliphatic rings. The van der Waals surface area contributed by atoms with Crippen molar-refractivity contribution in [2.45, 2.75) is 30.7 Å². The third kappa shape index (κ3) is 4.65. The molecule has 2 aromatic rings. The Labute approximate surface area is 144 Å². The highest BCUT2D eigenvalue weighted by Gasteiger charge is 2.19. The first-order valence-corrected chi connectivity index (χ1v) is 10.3. The van der Waals surface area contributed by atoms with Crippen molar-refractivity contribution in [3.63, 3.8) is 0 Å². The number of sulfone groups is 1. The van der Waals surface area contributed by atoms with E-state index in [1.54, 1.807) is 12.1 Å². The van der Waals surface area contributed by atoms with Crippen LogP contribution in [0.5, 0.6) is 0 Å². The predicted molar refractivity (Wildman–Crippen MR) is 95.5 cm³/mol. The summed E-state index contributed by atoms with van der Waals surface area (Å²) in [6, 6.07) is 11.5. The Bertz CT molecular complexity index is 750. The molecule has 0 aliphatic carbocycles. The number of likely N-dealkylation sites (tertiary alicyclic amines) is 1. The van der Waals surface area contributed by atoms with Crippen LogP contribution in [0, 0.1) is 5.92 Å². The van der Waals surface area contributed by atoms with E-state index < -0.39 is 9.84 Å². The summed E-state index contributed by atoms with van der Waals surface area (Å²) < 4.78 is 23.0. The lowest BCUT2D eigenvalue weighted by Crippen LogP contribution is -2.33. The molecule has 2 heterocycles. The molecule has 0 unspecified atom stereocenters. The Balaban J connectivity index is 1.50. The molecule has 1 aromatic carbocycles. The van der Waals surface area contributed by atoms with Crippen LogP contribution in [0.4, 0.5) is 0 Å². The molecule has 0 atom stereocenters. The van der Waals surface area contributed by atoms with Crippen molar-refractivity contribution >= 4 is 9.84 Å². The molecule has 1 aliphatic heterocycles. The van der Waals surface area contributed by atoms with Gasteiger partial charge in [-0.2, -0.15) is 0 Å². The largest absolute Gasteiger partial charge is 0.299 e. The molecule has 4 nitrogen and oxygen atoms in total. The van der Waals surface area contributed by atoms with E-state index in [-0.39, 0.29) is 0 Å². The lowest BCUT2D eigenvalue weighted by Gasteiger charge is -2.32. The predicted octanol–water partition coefficient (Wildman–Crippen LogP) is 2.94. The molecule has 1 fully saturated rings. The molecule has 0 bridgehead atoms. The zero-order valence-electron chi connectivity index (χ0n) is 14.1. The summed E-state index contributed by atoms with van der Waals surface area (Å²) in [6.45, 7) is 3.10. The first-order valence-electron chi connectivity index (χ1n) is 8.41. The molecule has 1 aromatic heterocycles. The van der Waals surface area contributed by atoms with Crippen LogP contribution in [0.2, 0.25) is 0 Å². The van der Waals surface area contributed by atoms with Crippen molar-refractivity contribution in [2.24, 2.45) is 5.92 Å². The summed E-state index contributed by atoms with van der Waals surface area (Å²) in [6.07, 6.45) is 8.54. The molecule has 0 saturated carbocycles. The molecule has 5 heteroatoms. The Morgan fingerprint density at radius 1 is 1.00 bits per heavy atom. The Morgan fingerprint density at radius 3 is 2.21 bits per heavy atom. The average molecular weight is 344 g/mol. The average Bonchev–Trinajstić information content (AvgIpc) is 2.57. The fourth-order valence-electron chi connectivity index (χ4n) is 3.30. The van der Waals surface area contributed by atoms with E-state index in [9.17, 15) is 8.42 Å². The summed E-state index contributed by atoms with van der Waals surface area (Å²) in [5.41, 5.74) is 2.55. The second-order valence-electron chi connectivity index (χ2n) is 6.70. The Morgan fingerprint density at radius 2 is 1.62 bits per heavy atom. The standard InChI is InChI=1S/C19H24N2O2S/c1-24(22,23)19-4-2-18(3-5-19)15-21-12-8-17(9-13-21)14-16-6-10-20-11-7-16/h2-7,10-11,17H,8-9,12-15H2,1H3. The second kappa shape index (κ2) is 7.45. The SMILES string of the molecule is CS(=O)(=O)c1ccc(CN2CCC(Cc3ccncc3)CC2)cc1. The third-order valence-electron chi connectivity index (χ3n) is 4.74. The van der Waals surface area contributed by atoms with E-state index in [2.05, 4.69) is 22.0 Å². The number of benzene rings is 1. The quantitative estimate of drug-likeness (QED) is 0.837. The van der Waals surface area contributed by atoms with Crippen LogP contribution >= 0.6 is 0 Å². The Hall–Kier alpha value is -1.72. The normalized spacial score (nSPS) is 17.0. The monoisotopic (exact) mass is 344 g/mol. The highest BCUT2D eigenvalue weighted by molar-refractivity contribution is 7.90. The summed E-state index contributed by atoms with van der Waals surface area (Å²) >= 11 is 0. The van der Waals surface area contributed by atoms with Crippen LogP contribution in [-0.2, 0) is 22.8 Å². The maximum atomic E-state index is 11.5. The van der Waals surface area contributed by atoms with Crippen LogP contribution in [0.25, 0.3) is 0 Å². The van der Waals surface area contributed by atoms with Crippen molar-refractivity contribution in [1.29, 1.82) is 0 Å². The smallest absolute Gasteiger partial charge is 0.175 e. The lowest BCUT2D eigenvalue weighted by atomic mass is 9.90. The molecule has 0 radical (unpaired) electrons. The van der Waals surface area contributed by atoms with Crippen molar-refractivity contribution in [3.8, 4) is 0 Å². The summed E-state index contributed by atoms with van der Waals surface area (Å²) in [7, 11) is -3.11. The van der Waals surface area contributed by atoms with Crippen LogP contribution in [-0.4, -0.2) is 37.6 Å². The van der Waals surface area contributed by atoms with E-state index in [0.29, 0.717) is 4.90 Å². The van der Waals surface area contributed by atoms with Crippen LogP contribution in [0.1, 0.15) is 24.0 Å². The number of pyridine rings is 1. The number of hydrogen-bond donors (Lipinski definition) is 0. The van der Waals surface area contributed by atoms with Crippen molar-refractivity contribution in [2.75, 3.05) is 19.3 Å². The van der Waals surface area contributed by atoms with Crippen LogP contribution in [0.15, 0.2) is 53.7 Å². The van der Waals surface area contributed by atoms with Gasteiger partial charge in [0, 0.05) is 25.2 Å². The van der Waals surface area contributed by atoms with Crippen LogP contribution in [0.3, 0.4) is 0 Å². The molecular weight excluding hydrogens is 320 g/mol. The van der Waals surface area contributed by atoms with E-state index in [4.69, 9.17) is 0 Å². The summed E-state index contributed by atoms with van der Waals surface area (Å²) in [5, 5.41) is 0. The third-order valence-corrected chi connectivity index (χ3v) is 5.87. The molecule has 0 N–H and O–H groups in total. The second-order valence-corrected chi connectivity index (χ2v) is 8.71. The first kappa shape index (κ1) is 17.1. The van der Waals surface area contributed by atoms with Gasteiger partial charge in [-0.15, -0.1) is 0 Å². The fraction of sp³-hybridized carbons (Fsp3) is 0.421. The van der Waals surface area contributed by atoms with Gasteiger partial charge < -0.3 is 0 Å².